The number of benzene rings is 1. The van der Waals surface area contributed by atoms with Gasteiger partial charge in [0.1, 0.15) is 5.82 Å². The van der Waals surface area contributed by atoms with Crippen LogP contribution in [-0.4, -0.2) is 13.6 Å². The molecule has 1 rings (SSSR count). The lowest BCUT2D eigenvalue weighted by Gasteiger charge is -2.18. The molecule has 1 aromatic rings. The van der Waals surface area contributed by atoms with Gasteiger partial charge in [0.25, 0.3) is 0 Å². The molecule has 0 aromatic heterocycles. The fourth-order valence-corrected chi connectivity index (χ4v) is 1.17. The first-order chi connectivity index (χ1) is 6.06. The Labute approximate surface area is 82.1 Å². The number of anilines is 2. The van der Waals surface area contributed by atoms with Crippen LogP contribution in [-0.2, 0) is 0 Å². The molecule has 1 aromatic carbocycles. The van der Waals surface area contributed by atoms with Crippen molar-refractivity contribution in [2.75, 3.05) is 24.2 Å². The summed E-state index contributed by atoms with van der Waals surface area (Å²) < 4.78 is 13.3. The fraction of sp³-hybridized carbons (Fsp3) is 0.333. The second kappa shape index (κ2) is 3.83. The van der Waals surface area contributed by atoms with Crippen molar-refractivity contribution >= 4 is 23.0 Å². The molecule has 0 aliphatic carbocycles. The molecule has 0 aliphatic heterocycles. The molecular weight excluding hydrogens is 191 g/mol. The van der Waals surface area contributed by atoms with E-state index in [4.69, 9.17) is 17.3 Å². The molecular formula is C9H12ClFN2. The molecule has 0 heterocycles. The van der Waals surface area contributed by atoms with Gasteiger partial charge in [0.05, 0.1) is 16.4 Å². The summed E-state index contributed by atoms with van der Waals surface area (Å²) in [5.74, 6) is -0.341. The van der Waals surface area contributed by atoms with Crippen molar-refractivity contribution in [3.05, 3.63) is 23.0 Å². The summed E-state index contributed by atoms with van der Waals surface area (Å²) in [6.07, 6.45) is 0. The minimum absolute atomic E-state index is 0.271. The van der Waals surface area contributed by atoms with Gasteiger partial charge >= 0.3 is 0 Å². The zero-order valence-corrected chi connectivity index (χ0v) is 8.40. The number of nitrogen functional groups attached to an aromatic ring is 1. The molecule has 0 saturated carbocycles. The Kier molecular flexibility index (Phi) is 2.98. The Hall–Kier alpha value is -0.960. The summed E-state index contributed by atoms with van der Waals surface area (Å²) in [6.45, 7) is 2.65. The number of nitrogens with two attached hydrogens (primary N) is 1. The largest absolute Gasteiger partial charge is 0.397 e. The highest BCUT2D eigenvalue weighted by Gasteiger charge is 2.08. The van der Waals surface area contributed by atoms with Crippen LogP contribution in [0.4, 0.5) is 15.8 Å². The van der Waals surface area contributed by atoms with Crippen LogP contribution in [0.3, 0.4) is 0 Å². The number of hydrogen-bond donors (Lipinski definition) is 1. The lowest BCUT2D eigenvalue weighted by Crippen LogP contribution is -2.17. The van der Waals surface area contributed by atoms with Crippen molar-refractivity contribution in [3.63, 3.8) is 0 Å². The number of rotatable bonds is 2. The molecule has 0 fully saturated rings. The van der Waals surface area contributed by atoms with Gasteiger partial charge in [0, 0.05) is 19.7 Å². The molecule has 0 spiro atoms. The smallest absolute Gasteiger partial charge is 0.148 e. The fourth-order valence-electron chi connectivity index (χ4n) is 1.01. The molecule has 0 bridgehead atoms. The van der Waals surface area contributed by atoms with E-state index in [2.05, 4.69) is 0 Å². The zero-order valence-electron chi connectivity index (χ0n) is 7.64. The predicted molar refractivity (Wildman–Crippen MR) is 54.8 cm³/mol. The summed E-state index contributed by atoms with van der Waals surface area (Å²) in [5.41, 5.74) is 6.19. The van der Waals surface area contributed by atoms with Crippen LogP contribution in [0, 0.1) is 5.82 Å². The van der Waals surface area contributed by atoms with E-state index in [0.717, 1.165) is 6.54 Å². The molecule has 0 atom stereocenters. The van der Waals surface area contributed by atoms with Gasteiger partial charge < -0.3 is 10.6 Å². The maximum absolute atomic E-state index is 13.3. The minimum Gasteiger partial charge on any atom is -0.397 e. The van der Waals surface area contributed by atoms with Gasteiger partial charge in [0.15, 0.2) is 0 Å². The summed E-state index contributed by atoms with van der Waals surface area (Å²) in [5, 5.41) is 0.386. The third-order valence-corrected chi connectivity index (χ3v) is 2.28. The summed E-state index contributed by atoms with van der Waals surface area (Å²) in [6, 6.07) is 2.78. The van der Waals surface area contributed by atoms with Crippen LogP contribution in [0.1, 0.15) is 6.92 Å². The quantitative estimate of drug-likeness (QED) is 0.747. The highest BCUT2D eigenvalue weighted by atomic mass is 35.5. The second-order valence-corrected chi connectivity index (χ2v) is 3.25. The van der Waals surface area contributed by atoms with E-state index in [9.17, 15) is 4.39 Å². The molecule has 2 N–H and O–H groups in total. The highest BCUT2D eigenvalue weighted by molar-refractivity contribution is 6.33. The number of hydrogen-bond acceptors (Lipinski definition) is 2. The van der Waals surface area contributed by atoms with Gasteiger partial charge in [-0.15, -0.1) is 0 Å². The predicted octanol–water partition coefficient (Wildman–Crippen LogP) is 2.52. The highest BCUT2D eigenvalue weighted by Crippen LogP contribution is 2.27. The molecule has 0 aliphatic rings. The minimum atomic E-state index is -0.341. The van der Waals surface area contributed by atoms with Crippen LogP contribution < -0.4 is 10.6 Å². The monoisotopic (exact) mass is 202 g/mol. The van der Waals surface area contributed by atoms with Crippen LogP contribution in [0.25, 0.3) is 0 Å². The van der Waals surface area contributed by atoms with Gasteiger partial charge in [0.2, 0.25) is 0 Å². The average molecular weight is 203 g/mol. The molecule has 0 radical (unpaired) electrons. The van der Waals surface area contributed by atoms with Crippen LogP contribution in [0.2, 0.25) is 5.02 Å². The molecule has 13 heavy (non-hydrogen) atoms. The van der Waals surface area contributed by atoms with Crippen molar-refractivity contribution in [1.29, 1.82) is 0 Å². The third kappa shape index (κ3) is 2.04. The van der Waals surface area contributed by atoms with Crippen molar-refractivity contribution < 1.29 is 4.39 Å². The molecule has 2 nitrogen and oxygen atoms in total. The van der Waals surface area contributed by atoms with Crippen molar-refractivity contribution in [1.82, 2.24) is 0 Å². The second-order valence-electron chi connectivity index (χ2n) is 2.84. The van der Waals surface area contributed by atoms with Crippen molar-refractivity contribution in [2.24, 2.45) is 0 Å². The van der Waals surface area contributed by atoms with E-state index in [1.54, 1.807) is 11.9 Å². The molecule has 0 unspecified atom stereocenters. The van der Waals surface area contributed by atoms with E-state index in [1.165, 1.54) is 12.1 Å². The van der Waals surface area contributed by atoms with E-state index < -0.39 is 0 Å². The lowest BCUT2D eigenvalue weighted by molar-refractivity contribution is 0.624. The first kappa shape index (κ1) is 10.1. The topological polar surface area (TPSA) is 29.3 Å². The van der Waals surface area contributed by atoms with E-state index >= 15 is 0 Å². The summed E-state index contributed by atoms with van der Waals surface area (Å²) in [7, 11) is 1.80. The van der Waals surface area contributed by atoms with E-state index in [1.807, 2.05) is 6.92 Å². The van der Waals surface area contributed by atoms with Gasteiger partial charge in [-0.2, -0.15) is 0 Å². The Morgan fingerprint density at radius 2 is 2.15 bits per heavy atom. The van der Waals surface area contributed by atoms with Gasteiger partial charge in [-0.3, -0.25) is 0 Å². The van der Waals surface area contributed by atoms with Gasteiger partial charge in [-0.1, -0.05) is 11.6 Å². The molecule has 0 saturated heterocycles. The van der Waals surface area contributed by atoms with Gasteiger partial charge in [-0.25, -0.2) is 4.39 Å². The molecule has 72 valence electrons. The van der Waals surface area contributed by atoms with Crippen LogP contribution in [0.15, 0.2) is 12.1 Å². The van der Waals surface area contributed by atoms with E-state index in [-0.39, 0.29) is 11.5 Å². The Morgan fingerprint density at radius 3 is 2.69 bits per heavy atom. The molecule has 4 heteroatoms. The number of nitrogens with zero attached hydrogens (tertiary/aromatic N) is 1. The Bertz CT molecular complexity index is 315. The zero-order chi connectivity index (χ0) is 10.0. The van der Waals surface area contributed by atoms with Crippen molar-refractivity contribution in [2.45, 2.75) is 6.92 Å². The standard InChI is InChI=1S/C9H12ClFN2/c1-3-13(2)9-4-6(10)8(12)5-7(9)11/h4-5H,3,12H2,1-2H3. The SMILES string of the molecule is CCN(C)c1cc(Cl)c(N)cc1F. The first-order valence-corrected chi connectivity index (χ1v) is 4.39. The molecule has 0 amide bonds. The first-order valence-electron chi connectivity index (χ1n) is 4.02. The van der Waals surface area contributed by atoms with E-state index in [0.29, 0.717) is 10.7 Å². The van der Waals surface area contributed by atoms with Gasteiger partial charge in [-0.05, 0) is 13.0 Å². The average Bonchev–Trinajstić information content (AvgIpc) is 2.10. The maximum Gasteiger partial charge on any atom is 0.148 e. The summed E-state index contributed by atoms with van der Waals surface area (Å²) in [4.78, 5) is 1.76. The Balaban J connectivity index is 3.15. The summed E-state index contributed by atoms with van der Waals surface area (Å²) >= 11 is 5.77. The lowest BCUT2D eigenvalue weighted by atomic mass is 10.2. The normalized spacial score (nSPS) is 10.2. The Morgan fingerprint density at radius 1 is 1.54 bits per heavy atom. The third-order valence-electron chi connectivity index (χ3n) is 1.95. The maximum atomic E-state index is 13.3. The number of halogens is 2. The van der Waals surface area contributed by atoms with Crippen LogP contribution in [0.5, 0.6) is 0 Å². The van der Waals surface area contributed by atoms with Crippen molar-refractivity contribution in [3.8, 4) is 0 Å². The van der Waals surface area contributed by atoms with Crippen LogP contribution >= 0.6 is 11.6 Å².